The van der Waals surface area contributed by atoms with E-state index in [0.29, 0.717) is 12.2 Å². The Balaban J connectivity index is 2.69. The third-order valence-corrected chi connectivity index (χ3v) is 2.76. The molecule has 0 saturated heterocycles. The number of thiazole rings is 1. The second kappa shape index (κ2) is 5.82. The highest BCUT2D eigenvalue weighted by Gasteiger charge is 2.03. The first-order valence-electron chi connectivity index (χ1n) is 3.70. The Labute approximate surface area is 99.8 Å². The predicted molar refractivity (Wildman–Crippen MR) is 66.6 cm³/mol. The summed E-state index contributed by atoms with van der Waals surface area (Å²) in [6.45, 7) is 0.645. The molecular formula is C8H8IN3OS. The van der Waals surface area contributed by atoms with Gasteiger partial charge in [0.05, 0.1) is 18.5 Å². The molecule has 0 aliphatic heterocycles. The van der Waals surface area contributed by atoms with Gasteiger partial charge in [0.15, 0.2) is 5.13 Å². The number of nitrogens with zero attached hydrogens (tertiary/aromatic N) is 3. The summed E-state index contributed by atoms with van der Waals surface area (Å²) in [5, 5.41) is 13.9. The minimum Gasteiger partial charge on any atom is -0.411 e. The summed E-state index contributed by atoms with van der Waals surface area (Å²) in [6, 6.07) is 0. The first kappa shape index (κ1) is 11.3. The van der Waals surface area contributed by atoms with Crippen LogP contribution in [0.15, 0.2) is 10.5 Å². The van der Waals surface area contributed by atoms with Gasteiger partial charge in [-0.2, -0.15) is 0 Å². The fourth-order valence-corrected chi connectivity index (χ4v) is 1.70. The van der Waals surface area contributed by atoms with E-state index in [0.717, 1.165) is 5.13 Å². The quantitative estimate of drug-likeness (QED) is 0.304. The zero-order valence-corrected chi connectivity index (χ0v) is 10.4. The molecule has 0 bridgehead atoms. The molecule has 0 aromatic carbocycles. The van der Waals surface area contributed by atoms with Crippen LogP contribution in [0.4, 0.5) is 5.13 Å². The third kappa shape index (κ3) is 3.16. The minimum absolute atomic E-state index is 0.645. The molecule has 0 atom stereocenters. The van der Waals surface area contributed by atoms with Gasteiger partial charge in [-0.3, -0.25) is 0 Å². The van der Waals surface area contributed by atoms with E-state index in [-0.39, 0.29) is 0 Å². The number of anilines is 1. The van der Waals surface area contributed by atoms with E-state index in [1.807, 2.05) is 39.9 Å². The molecule has 0 radical (unpaired) electrons. The molecule has 1 N–H and O–H groups in total. The Bertz CT molecular complexity index is 379. The minimum atomic E-state index is 0.645. The molecule has 0 saturated carbocycles. The normalized spacial score (nSPS) is 9.86. The van der Waals surface area contributed by atoms with Crippen molar-refractivity contribution in [2.75, 3.05) is 18.5 Å². The van der Waals surface area contributed by atoms with Crippen LogP contribution in [0.5, 0.6) is 0 Å². The van der Waals surface area contributed by atoms with Gasteiger partial charge in [0.2, 0.25) is 0 Å². The summed E-state index contributed by atoms with van der Waals surface area (Å²) in [4.78, 5) is 6.15. The van der Waals surface area contributed by atoms with Gasteiger partial charge in [0.1, 0.15) is 0 Å². The van der Waals surface area contributed by atoms with Crippen molar-refractivity contribution in [3.63, 3.8) is 0 Å². The Hall–Kier alpha value is -0.810. The molecule has 0 aliphatic carbocycles. The number of halogens is 1. The second-order valence-corrected chi connectivity index (χ2v) is 3.80. The van der Waals surface area contributed by atoms with Gasteiger partial charge < -0.3 is 10.1 Å². The molecule has 0 spiro atoms. The molecule has 74 valence electrons. The summed E-state index contributed by atoms with van der Waals surface area (Å²) in [5.41, 5.74) is 0.654. The second-order valence-electron chi connectivity index (χ2n) is 2.43. The van der Waals surface area contributed by atoms with Crippen LogP contribution in [0.3, 0.4) is 0 Å². The van der Waals surface area contributed by atoms with Crippen molar-refractivity contribution in [1.82, 2.24) is 4.98 Å². The monoisotopic (exact) mass is 321 g/mol. The lowest BCUT2D eigenvalue weighted by atomic mass is 10.5. The van der Waals surface area contributed by atoms with E-state index in [4.69, 9.17) is 5.21 Å². The maximum Gasteiger partial charge on any atom is 0.186 e. The van der Waals surface area contributed by atoms with E-state index in [1.54, 1.807) is 0 Å². The van der Waals surface area contributed by atoms with E-state index in [2.05, 4.69) is 20.0 Å². The largest absolute Gasteiger partial charge is 0.411 e. The number of oxime groups is 1. The molecule has 1 aromatic rings. The summed E-state index contributed by atoms with van der Waals surface area (Å²) < 4.78 is 2.79. The maximum atomic E-state index is 8.31. The maximum absolute atomic E-state index is 8.31. The zero-order valence-electron chi connectivity index (χ0n) is 7.44. The Morgan fingerprint density at radius 3 is 3.29 bits per heavy atom. The molecule has 6 heteroatoms. The highest BCUT2D eigenvalue weighted by Crippen LogP contribution is 2.17. The van der Waals surface area contributed by atoms with Crippen molar-refractivity contribution < 1.29 is 5.21 Å². The van der Waals surface area contributed by atoms with E-state index in [1.165, 1.54) is 17.6 Å². The van der Waals surface area contributed by atoms with Gasteiger partial charge in [-0.25, -0.2) is 4.98 Å². The predicted octanol–water partition coefficient (Wildman–Crippen LogP) is 1.78. The van der Waals surface area contributed by atoms with Gasteiger partial charge in [0, 0.05) is 35.0 Å². The number of aromatic nitrogens is 1. The topological polar surface area (TPSA) is 48.7 Å². The third-order valence-electron chi connectivity index (χ3n) is 1.41. The molecule has 0 fully saturated rings. The van der Waals surface area contributed by atoms with Gasteiger partial charge in [0.25, 0.3) is 0 Å². The van der Waals surface area contributed by atoms with E-state index in [9.17, 15) is 0 Å². The van der Waals surface area contributed by atoms with Crippen LogP contribution in [0.1, 0.15) is 5.69 Å². The van der Waals surface area contributed by atoms with Crippen molar-refractivity contribution in [3.05, 3.63) is 11.1 Å². The Kier molecular flexibility index (Phi) is 4.69. The van der Waals surface area contributed by atoms with Crippen LogP contribution in [0, 0.1) is 9.85 Å². The smallest absolute Gasteiger partial charge is 0.186 e. The van der Waals surface area contributed by atoms with Crippen molar-refractivity contribution in [2.24, 2.45) is 5.16 Å². The lowest BCUT2D eigenvalue weighted by molar-refractivity contribution is 0.321. The van der Waals surface area contributed by atoms with Crippen LogP contribution in [-0.4, -0.2) is 30.0 Å². The van der Waals surface area contributed by atoms with E-state index >= 15 is 0 Å². The van der Waals surface area contributed by atoms with Gasteiger partial charge in [-0.05, 0) is 3.93 Å². The lowest BCUT2D eigenvalue weighted by Gasteiger charge is -2.10. The fourth-order valence-electron chi connectivity index (χ4n) is 0.786. The SMILES string of the molecule is CN(CC#CI)c1nc(/C=N\O)cs1. The molecule has 0 unspecified atom stereocenters. The molecule has 1 aromatic heterocycles. The van der Waals surface area contributed by atoms with Gasteiger partial charge in [-0.1, -0.05) is 11.1 Å². The summed E-state index contributed by atoms with van der Waals surface area (Å²) in [5.74, 6) is 2.93. The molecule has 1 heterocycles. The van der Waals surface area contributed by atoms with Gasteiger partial charge >= 0.3 is 0 Å². The van der Waals surface area contributed by atoms with Crippen LogP contribution < -0.4 is 4.90 Å². The number of hydrogen-bond acceptors (Lipinski definition) is 5. The fraction of sp³-hybridized carbons (Fsp3) is 0.250. The summed E-state index contributed by atoms with van der Waals surface area (Å²) in [6.07, 6.45) is 1.30. The molecule has 14 heavy (non-hydrogen) atoms. The highest BCUT2D eigenvalue weighted by atomic mass is 127. The summed E-state index contributed by atoms with van der Waals surface area (Å²) in [7, 11) is 1.92. The standard InChI is InChI=1S/C8H8IN3OS/c1-12(4-2-3-9)8-11-7(5-10-13)6-14-8/h5-6,13H,4H2,1H3/b10-5-. The van der Waals surface area contributed by atoms with E-state index < -0.39 is 0 Å². The van der Waals surface area contributed by atoms with Crippen LogP contribution in [0.25, 0.3) is 0 Å². The molecular weight excluding hydrogens is 313 g/mol. The summed E-state index contributed by atoms with van der Waals surface area (Å²) >= 11 is 3.49. The number of hydrogen-bond donors (Lipinski definition) is 1. The lowest BCUT2D eigenvalue weighted by Crippen LogP contribution is -2.16. The molecule has 4 nitrogen and oxygen atoms in total. The zero-order chi connectivity index (χ0) is 10.4. The average Bonchev–Trinajstić information content (AvgIpc) is 2.63. The van der Waals surface area contributed by atoms with Crippen molar-refractivity contribution >= 4 is 45.3 Å². The molecule has 0 amide bonds. The van der Waals surface area contributed by atoms with Gasteiger partial charge in [-0.15, -0.1) is 11.3 Å². The van der Waals surface area contributed by atoms with Crippen molar-refractivity contribution in [3.8, 4) is 9.85 Å². The van der Waals surface area contributed by atoms with Crippen LogP contribution >= 0.6 is 33.9 Å². The Morgan fingerprint density at radius 2 is 2.64 bits per heavy atom. The van der Waals surface area contributed by atoms with Crippen molar-refractivity contribution in [2.45, 2.75) is 0 Å². The van der Waals surface area contributed by atoms with Crippen LogP contribution in [-0.2, 0) is 0 Å². The van der Waals surface area contributed by atoms with Crippen molar-refractivity contribution in [1.29, 1.82) is 0 Å². The average molecular weight is 321 g/mol. The molecule has 1 rings (SSSR count). The first-order valence-corrected chi connectivity index (χ1v) is 5.66. The molecule has 0 aliphatic rings. The highest BCUT2D eigenvalue weighted by molar-refractivity contribution is 14.1. The Morgan fingerprint density at radius 1 is 1.86 bits per heavy atom. The van der Waals surface area contributed by atoms with Crippen LogP contribution in [0.2, 0.25) is 0 Å². The first-order chi connectivity index (χ1) is 6.77. The number of rotatable bonds is 3.